The molecular weight excluding hydrogens is 222 g/mol. The van der Waals surface area contributed by atoms with E-state index in [0.29, 0.717) is 5.75 Å². The third-order valence-electron chi connectivity index (χ3n) is 2.27. The number of H-pyrrole nitrogens is 1. The van der Waals surface area contributed by atoms with Crippen LogP contribution < -0.4 is 5.73 Å². The van der Waals surface area contributed by atoms with E-state index < -0.39 is 5.54 Å². The topological polar surface area (TPSA) is 74.9 Å². The number of benzene rings is 1. The number of aromatic amines is 1. The molecule has 86 valence electrons. The molecule has 2 aromatic rings. The fraction of sp³-hybridized carbons (Fsp3) is 0.364. The van der Waals surface area contributed by atoms with Gasteiger partial charge >= 0.3 is 0 Å². The lowest BCUT2D eigenvalue weighted by Gasteiger charge is -2.19. The maximum Gasteiger partial charge on any atom is 0.166 e. The van der Waals surface area contributed by atoms with Crippen LogP contribution in [0, 0.1) is 0 Å². The minimum atomic E-state index is -0.566. The van der Waals surface area contributed by atoms with Gasteiger partial charge in [-0.05, 0) is 19.1 Å². The minimum Gasteiger partial charge on any atom is -0.394 e. The molecular formula is C11H15N3OS. The number of hydrogen-bond acceptors (Lipinski definition) is 4. The monoisotopic (exact) mass is 237 g/mol. The second-order valence-corrected chi connectivity index (χ2v) is 5.12. The molecule has 0 amide bonds. The smallest absolute Gasteiger partial charge is 0.166 e. The summed E-state index contributed by atoms with van der Waals surface area (Å²) in [7, 11) is 0. The Balaban J connectivity index is 2.10. The van der Waals surface area contributed by atoms with Crippen molar-refractivity contribution < 1.29 is 5.11 Å². The summed E-state index contributed by atoms with van der Waals surface area (Å²) in [6.45, 7) is 1.79. The van der Waals surface area contributed by atoms with Crippen LogP contribution >= 0.6 is 11.8 Å². The first-order valence-electron chi connectivity index (χ1n) is 5.08. The highest BCUT2D eigenvalue weighted by Gasteiger charge is 2.18. The van der Waals surface area contributed by atoms with E-state index in [0.717, 1.165) is 16.2 Å². The third-order valence-corrected chi connectivity index (χ3v) is 3.54. The first kappa shape index (κ1) is 11.4. The second-order valence-electron chi connectivity index (χ2n) is 4.16. The van der Waals surface area contributed by atoms with Crippen LogP contribution in [0.1, 0.15) is 6.92 Å². The second kappa shape index (κ2) is 4.45. The molecule has 4 nitrogen and oxygen atoms in total. The number of fused-ring (bicyclic) bond motifs is 1. The third kappa shape index (κ3) is 2.55. The van der Waals surface area contributed by atoms with Crippen molar-refractivity contribution in [1.82, 2.24) is 9.97 Å². The predicted octanol–water partition coefficient (Wildman–Crippen LogP) is 1.36. The SMILES string of the molecule is CC(N)(CO)CSc1nc2ccccc2[nH]1. The van der Waals surface area contributed by atoms with Gasteiger partial charge in [0, 0.05) is 11.3 Å². The Hall–Kier alpha value is -1.04. The van der Waals surface area contributed by atoms with Crippen LogP contribution in [0.2, 0.25) is 0 Å². The molecule has 16 heavy (non-hydrogen) atoms. The molecule has 0 aliphatic heterocycles. The summed E-state index contributed by atoms with van der Waals surface area (Å²) in [5.74, 6) is 0.628. The van der Waals surface area contributed by atoms with Gasteiger partial charge < -0.3 is 15.8 Å². The zero-order valence-electron chi connectivity index (χ0n) is 9.10. The molecule has 0 fully saturated rings. The summed E-state index contributed by atoms with van der Waals surface area (Å²) in [4.78, 5) is 7.63. The van der Waals surface area contributed by atoms with Crippen molar-refractivity contribution in [2.75, 3.05) is 12.4 Å². The van der Waals surface area contributed by atoms with E-state index >= 15 is 0 Å². The number of imidazole rings is 1. The fourth-order valence-electron chi connectivity index (χ4n) is 1.28. The lowest BCUT2D eigenvalue weighted by molar-refractivity contribution is 0.224. The molecule has 0 bridgehead atoms. The average Bonchev–Trinajstić information content (AvgIpc) is 2.69. The molecule has 0 aliphatic carbocycles. The van der Waals surface area contributed by atoms with Crippen molar-refractivity contribution in [1.29, 1.82) is 0 Å². The first-order valence-corrected chi connectivity index (χ1v) is 6.06. The Bertz CT molecular complexity index is 448. The van der Waals surface area contributed by atoms with E-state index in [2.05, 4.69) is 9.97 Å². The molecule has 1 unspecified atom stereocenters. The number of rotatable bonds is 4. The normalized spacial score (nSPS) is 15.2. The van der Waals surface area contributed by atoms with E-state index in [1.807, 2.05) is 31.2 Å². The molecule has 2 rings (SSSR count). The van der Waals surface area contributed by atoms with Crippen molar-refractivity contribution in [3.63, 3.8) is 0 Å². The number of para-hydroxylation sites is 2. The Morgan fingerprint density at radius 2 is 2.25 bits per heavy atom. The van der Waals surface area contributed by atoms with Gasteiger partial charge in [0.05, 0.1) is 17.6 Å². The molecule has 0 radical (unpaired) electrons. The van der Waals surface area contributed by atoms with Gasteiger partial charge in [-0.1, -0.05) is 23.9 Å². The van der Waals surface area contributed by atoms with Crippen LogP contribution in [0.15, 0.2) is 29.4 Å². The van der Waals surface area contributed by atoms with Crippen molar-refractivity contribution in [3.8, 4) is 0 Å². The Labute approximate surface area is 98.3 Å². The molecule has 4 N–H and O–H groups in total. The van der Waals surface area contributed by atoms with Crippen molar-refractivity contribution in [2.45, 2.75) is 17.6 Å². The summed E-state index contributed by atoms with van der Waals surface area (Å²) in [5, 5.41) is 9.88. The van der Waals surface area contributed by atoms with Gasteiger partial charge in [-0.3, -0.25) is 0 Å². The van der Waals surface area contributed by atoms with E-state index in [4.69, 9.17) is 10.8 Å². The number of aliphatic hydroxyl groups is 1. The van der Waals surface area contributed by atoms with Crippen molar-refractivity contribution in [2.24, 2.45) is 5.73 Å². The van der Waals surface area contributed by atoms with Crippen LogP contribution in [0.25, 0.3) is 11.0 Å². The van der Waals surface area contributed by atoms with E-state index in [-0.39, 0.29) is 6.61 Å². The summed E-state index contributed by atoms with van der Waals surface area (Å²) in [6.07, 6.45) is 0. The molecule has 0 aliphatic rings. The largest absolute Gasteiger partial charge is 0.394 e. The molecule has 1 aromatic carbocycles. The van der Waals surface area contributed by atoms with E-state index in [1.165, 1.54) is 11.8 Å². The Morgan fingerprint density at radius 1 is 1.50 bits per heavy atom. The summed E-state index contributed by atoms with van der Waals surface area (Å²) in [5.41, 5.74) is 7.25. The van der Waals surface area contributed by atoms with Gasteiger partial charge in [-0.25, -0.2) is 4.98 Å². The zero-order chi connectivity index (χ0) is 11.6. The number of nitrogens with zero attached hydrogens (tertiary/aromatic N) is 1. The zero-order valence-corrected chi connectivity index (χ0v) is 9.92. The molecule has 1 heterocycles. The molecule has 1 aromatic heterocycles. The number of aliphatic hydroxyl groups excluding tert-OH is 1. The maximum absolute atomic E-state index is 9.04. The maximum atomic E-state index is 9.04. The van der Waals surface area contributed by atoms with Gasteiger partial charge in [-0.15, -0.1) is 0 Å². The summed E-state index contributed by atoms with van der Waals surface area (Å²) >= 11 is 1.53. The van der Waals surface area contributed by atoms with E-state index in [1.54, 1.807) is 0 Å². The Kier molecular flexibility index (Phi) is 3.18. The van der Waals surface area contributed by atoms with Gasteiger partial charge in [0.1, 0.15) is 0 Å². The highest BCUT2D eigenvalue weighted by atomic mass is 32.2. The van der Waals surface area contributed by atoms with Crippen molar-refractivity contribution in [3.05, 3.63) is 24.3 Å². The standard InChI is InChI=1S/C11H15N3OS/c1-11(12,6-15)7-16-10-13-8-4-2-3-5-9(8)14-10/h2-5,15H,6-7,12H2,1H3,(H,13,14). The quantitative estimate of drug-likeness (QED) is 0.702. The van der Waals surface area contributed by atoms with Crippen LogP contribution in [0.5, 0.6) is 0 Å². The number of thioether (sulfide) groups is 1. The fourth-order valence-corrected chi connectivity index (χ4v) is 2.18. The Morgan fingerprint density at radius 3 is 2.94 bits per heavy atom. The lowest BCUT2D eigenvalue weighted by Crippen LogP contribution is -2.42. The van der Waals surface area contributed by atoms with Gasteiger partial charge in [-0.2, -0.15) is 0 Å². The molecule has 0 spiro atoms. The number of nitrogens with one attached hydrogen (secondary N) is 1. The first-order chi connectivity index (χ1) is 7.61. The number of nitrogens with two attached hydrogens (primary N) is 1. The van der Waals surface area contributed by atoms with E-state index in [9.17, 15) is 0 Å². The van der Waals surface area contributed by atoms with Gasteiger partial charge in [0.2, 0.25) is 0 Å². The summed E-state index contributed by atoms with van der Waals surface area (Å²) in [6, 6.07) is 7.87. The molecule has 1 atom stereocenters. The van der Waals surface area contributed by atoms with Gasteiger partial charge in [0.15, 0.2) is 5.16 Å². The lowest BCUT2D eigenvalue weighted by atomic mass is 10.1. The molecule has 5 heteroatoms. The highest BCUT2D eigenvalue weighted by molar-refractivity contribution is 7.99. The highest BCUT2D eigenvalue weighted by Crippen LogP contribution is 2.21. The molecule has 0 saturated heterocycles. The van der Waals surface area contributed by atoms with Gasteiger partial charge in [0.25, 0.3) is 0 Å². The van der Waals surface area contributed by atoms with Crippen LogP contribution in [0.3, 0.4) is 0 Å². The summed E-state index contributed by atoms with van der Waals surface area (Å²) < 4.78 is 0. The molecule has 0 saturated carbocycles. The predicted molar refractivity (Wildman–Crippen MR) is 66.5 cm³/mol. The van der Waals surface area contributed by atoms with Crippen LogP contribution in [-0.4, -0.2) is 33.0 Å². The average molecular weight is 237 g/mol. The van der Waals surface area contributed by atoms with Crippen LogP contribution in [0.4, 0.5) is 0 Å². The van der Waals surface area contributed by atoms with Crippen LogP contribution in [-0.2, 0) is 0 Å². The minimum absolute atomic E-state index is 0.0276. The number of aromatic nitrogens is 2. The number of hydrogen-bond donors (Lipinski definition) is 3. The van der Waals surface area contributed by atoms with Crippen molar-refractivity contribution >= 4 is 22.8 Å².